The zero-order chi connectivity index (χ0) is 13.9. The molecule has 3 N–H and O–H groups in total. The number of rotatable bonds is 5. The fraction of sp³-hybridized carbons (Fsp3) is 0.273. The minimum Gasteiger partial charge on any atom is -0.384 e. The molecule has 7 nitrogen and oxygen atoms in total. The van der Waals surface area contributed by atoms with Crippen molar-refractivity contribution in [2.75, 3.05) is 5.73 Å². The number of nitrogens with one attached hydrogen (secondary N) is 1. The molecule has 0 saturated heterocycles. The molecule has 0 saturated carbocycles. The molecular formula is C11H15N5O2S. The maximum Gasteiger partial charge on any atom is 0.242 e. The summed E-state index contributed by atoms with van der Waals surface area (Å²) in [5.74, 6) is 0.281. The molecule has 1 unspecified atom stereocenters. The van der Waals surface area contributed by atoms with Crippen molar-refractivity contribution in [1.29, 1.82) is 0 Å². The lowest BCUT2D eigenvalue weighted by atomic mass is 10.4. The Labute approximate surface area is 111 Å². The molecule has 0 fully saturated rings. The van der Waals surface area contributed by atoms with Gasteiger partial charge < -0.3 is 5.73 Å². The summed E-state index contributed by atoms with van der Waals surface area (Å²) in [5.41, 5.74) is 5.42. The summed E-state index contributed by atoms with van der Waals surface area (Å²) in [6, 6.07) is 4.37. The van der Waals surface area contributed by atoms with E-state index >= 15 is 0 Å². The average Bonchev–Trinajstić information content (AvgIpc) is 2.81. The molecule has 0 aliphatic carbocycles. The molecule has 102 valence electrons. The molecule has 0 bridgehead atoms. The molecule has 1 atom stereocenters. The van der Waals surface area contributed by atoms with Gasteiger partial charge in [-0.15, -0.1) is 0 Å². The van der Waals surface area contributed by atoms with E-state index in [1.54, 1.807) is 30.1 Å². The second kappa shape index (κ2) is 5.37. The third kappa shape index (κ3) is 3.52. The molecule has 2 aromatic rings. The Bertz CT molecular complexity index is 622. The highest BCUT2D eigenvalue weighted by Gasteiger charge is 2.17. The number of sulfonamides is 1. The summed E-state index contributed by atoms with van der Waals surface area (Å²) >= 11 is 0. The Morgan fingerprint density at radius 2 is 2.26 bits per heavy atom. The van der Waals surface area contributed by atoms with Crippen molar-refractivity contribution >= 4 is 15.8 Å². The number of aromatic nitrogens is 3. The lowest BCUT2D eigenvalue weighted by molar-refractivity contribution is 0.494. The van der Waals surface area contributed by atoms with Crippen molar-refractivity contribution in [3.63, 3.8) is 0 Å². The number of hydrogen-bond acceptors (Lipinski definition) is 5. The molecule has 0 spiro atoms. The van der Waals surface area contributed by atoms with Gasteiger partial charge in [0.1, 0.15) is 10.7 Å². The second-order valence-corrected chi connectivity index (χ2v) is 5.88. The Morgan fingerprint density at radius 3 is 2.84 bits per heavy atom. The summed E-state index contributed by atoms with van der Waals surface area (Å²) in [6.07, 6.45) is 4.65. The van der Waals surface area contributed by atoms with E-state index in [2.05, 4.69) is 14.8 Å². The molecule has 0 amide bonds. The lowest BCUT2D eigenvalue weighted by Crippen LogP contribution is -2.35. The highest BCUT2D eigenvalue weighted by atomic mass is 32.2. The minimum absolute atomic E-state index is 0.0917. The van der Waals surface area contributed by atoms with Gasteiger partial charge in [-0.1, -0.05) is 0 Å². The first-order valence-corrected chi connectivity index (χ1v) is 7.17. The topological polar surface area (TPSA) is 103 Å². The molecule has 2 rings (SSSR count). The van der Waals surface area contributed by atoms with Gasteiger partial charge in [-0.2, -0.15) is 5.10 Å². The third-order valence-electron chi connectivity index (χ3n) is 2.45. The summed E-state index contributed by atoms with van der Waals surface area (Å²) in [4.78, 5) is 3.86. The van der Waals surface area contributed by atoms with Gasteiger partial charge in [0, 0.05) is 24.6 Å². The maximum absolute atomic E-state index is 12.1. The van der Waals surface area contributed by atoms with Crippen LogP contribution in [-0.2, 0) is 16.6 Å². The summed E-state index contributed by atoms with van der Waals surface area (Å²) in [6.45, 7) is 2.22. The monoisotopic (exact) mass is 281 g/mol. The molecule has 2 aromatic heterocycles. The van der Waals surface area contributed by atoms with Gasteiger partial charge in [-0.3, -0.25) is 4.68 Å². The fourth-order valence-electron chi connectivity index (χ4n) is 1.61. The van der Waals surface area contributed by atoms with Gasteiger partial charge in [0.05, 0.1) is 6.54 Å². The molecule has 2 heterocycles. The van der Waals surface area contributed by atoms with E-state index in [4.69, 9.17) is 5.73 Å². The summed E-state index contributed by atoms with van der Waals surface area (Å²) in [7, 11) is -3.59. The molecule has 0 aliphatic rings. The normalized spacial score (nSPS) is 13.3. The number of hydrogen-bond donors (Lipinski definition) is 2. The van der Waals surface area contributed by atoms with E-state index in [9.17, 15) is 8.42 Å². The SMILES string of the molecule is CC(Cn1cccn1)NS(=O)(=O)c1ccc(N)nc1. The molecular weight excluding hydrogens is 266 g/mol. The van der Waals surface area contributed by atoms with Crippen LogP contribution in [0.4, 0.5) is 5.82 Å². The first-order chi connectivity index (χ1) is 8.97. The Hall–Kier alpha value is -1.93. The van der Waals surface area contributed by atoms with Crippen molar-refractivity contribution < 1.29 is 8.42 Å². The van der Waals surface area contributed by atoms with Crippen LogP contribution in [0.2, 0.25) is 0 Å². The van der Waals surface area contributed by atoms with Crippen LogP contribution < -0.4 is 10.5 Å². The standard InChI is InChI=1S/C11H15N5O2S/c1-9(8-16-6-2-5-14-16)15-19(17,18)10-3-4-11(12)13-7-10/h2-7,9,15H,8H2,1H3,(H2,12,13). The van der Waals surface area contributed by atoms with Gasteiger partial charge in [-0.25, -0.2) is 18.1 Å². The lowest BCUT2D eigenvalue weighted by Gasteiger charge is -2.14. The van der Waals surface area contributed by atoms with E-state index in [-0.39, 0.29) is 16.8 Å². The number of nitrogens with two attached hydrogens (primary N) is 1. The quantitative estimate of drug-likeness (QED) is 0.816. The highest BCUT2D eigenvalue weighted by molar-refractivity contribution is 7.89. The van der Waals surface area contributed by atoms with Crippen molar-refractivity contribution in [3.05, 3.63) is 36.8 Å². The zero-order valence-electron chi connectivity index (χ0n) is 10.4. The molecule has 8 heteroatoms. The van der Waals surface area contributed by atoms with Crippen molar-refractivity contribution in [1.82, 2.24) is 19.5 Å². The third-order valence-corrected chi connectivity index (χ3v) is 4.02. The smallest absolute Gasteiger partial charge is 0.242 e. The van der Waals surface area contributed by atoms with E-state index in [0.717, 1.165) is 0 Å². The molecule has 0 aromatic carbocycles. The second-order valence-electron chi connectivity index (χ2n) is 4.17. The first-order valence-electron chi connectivity index (χ1n) is 5.68. The molecule has 0 aliphatic heterocycles. The predicted molar refractivity (Wildman–Crippen MR) is 70.7 cm³/mol. The number of pyridine rings is 1. The summed E-state index contributed by atoms with van der Waals surface area (Å²) < 4.78 is 28.3. The predicted octanol–water partition coefficient (Wildman–Crippen LogP) is 0.227. The van der Waals surface area contributed by atoms with Crippen molar-refractivity contribution in [2.45, 2.75) is 24.4 Å². The average molecular weight is 281 g/mol. The number of nitrogens with zero attached hydrogens (tertiary/aromatic N) is 3. The van der Waals surface area contributed by atoms with Crippen LogP contribution in [0.25, 0.3) is 0 Å². The fourth-order valence-corrected chi connectivity index (χ4v) is 2.79. The van der Waals surface area contributed by atoms with E-state index in [1.165, 1.54) is 18.3 Å². The Kier molecular flexibility index (Phi) is 3.82. The van der Waals surface area contributed by atoms with Crippen LogP contribution in [-0.4, -0.2) is 29.2 Å². The highest BCUT2D eigenvalue weighted by Crippen LogP contribution is 2.09. The van der Waals surface area contributed by atoms with E-state index < -0.39 is 10.0 Å². The van der Waals surface area contributed by atoms with Crippen molar-refractivity contribution in [3.8, 4) is 0 Å². The largest absolute Gasteiger partial charge is 0.384 e. The minimum atomic E-state index is -3.59. The number of nitrogen functional groups attached to an aromatic ring is 1. The molecule has 19 heavy (non-hydrogen) atoms. The van der Waals surface area contributed by atoms with Crippen LogP contribution in [0.15, 0.2) is 41.7 Å². The zero-order valence-corrected chi connectivity index (χ0v) is 11.2. The van der Waals surface area contributed by atoms with Crippen LogP contribution >= 0.6 is 0 Å². The van der Waals surface area contributed by atoms with Gasteiger partial charge in [0.25, 0.3) is 0 Å². The van der Waals surface area contributed by atoms with Crippen LogP contribution in [0.1, 0.15) is 6.92 Å². The Balaban J connectivity index is 2.06. The summed E-state index contributed by atoms with van der Waals surface area (Å²) in [5, 5.41) is 4.02. The Morgan fingerprint density at radius 1 is 1.47 bits per heavy atom. The van der Waals surface area contributed by atoms with Crippen LogP contribution in [0.5, 0.6) is 0 Å². The van der Waals surface area contributed by atoms with Gasteiger partial charge in [0.2, 0.25) is 10.0 Å². The van der Waals surface area contributed by atoms with Gasteiger partial charge >= 0.3 is 0 Å². The maximum atomic E-state index is 12.1. The van der Waals surface area contributed by atoms with Gasteiger partial charge in [-0.05, 0) is 25.1 Å². The first kappa shape index (κ1) is 13.5. The van der Waals surface area contributed by atoms with Gasteiger partial charge in [0.15, 0.2) is 0 Å². The number of anilines is 1. The van der Waals surface area contributed by atoms with E-state index in [0.29, 0.717) is 6.54 Å². The van der Waals surface area contributed by atoms with Crippen LogP contribution in [0, 0.1) is 0 Å². The van der Waals surface area contributed by atoms with Crippen LogP contribution in [0.3, 0.4) is 0 Å². The van der Waals surface area contributed by atoms with E-state index in [1.807, 2.05) is 0 Å². The van der Waals surface area contributed by atoms with Crippen molar-refractivity contribution in [2.24, 2.45) is 0 Å². The molecule has 0 radical (unpaired) electrons.